The Hall–Kier alpha value is -1.99. The highest BCUT2D eigenvalue weighted by atomic mass is 16.7. The molecule has 7 nitrogen and oxygen atoms in total. The predicted octanol–water partition coefficient (Wildman–Crippen LogP) is 1.15. The van der Waals surface area contributed by atoms with Crippen molar-refractivity contribution in [2.45, 2.75) is 19.8 Å². The number of benzene rings is 1. The molecule has 0 unspecified atom stereocenters. The van der Waals surface area contributed by atoms with E-state index in [1.165, 1.54) is 25.1 Å². The number of fused-ring (bicyclic) bond motifs is 1. The minimum absolute atomic E-state index is 0.321. The van der Waals surface area contributed by atoms with Gasteiger partial charge in [0.15, 0.2) is 17.5 Å². The van der Waals surface area contributed by atoms with Gasteiger partial charge in [-0.2, -0.15) is 0 Å². The number of rotatable bonds is 7. The van der Waals surface area contributed by atoms with Crippen LogP contribution in [0.15, 0.2) is 23.2 Å². The summed E-state index contributed by atoms with van der Waals surface area (Å²) in [5.74, 6) is 2.57. The molecule has 7 heteroatoms. The summed E-state index contributed by atoms with van der Waals surface area (Å²) >= 11 is 0. The number of ether oxygens (including phenoxy) is 2. The summed E-state index contributed by atoms with van der Waals surface area (Å²) in [5.41, 5.74) is 1.23. The molecule has 0 aliphatic carbocycles. The van der Waals surface area contributed by atoms with Gasteiger partial charge in [0.1, 0.15) is 0 Å². The molecule has 150 valence electrons. The van der Waals surface area contributed by atoms with Crippen LogP contribution in [-0.2, 0) is 6.42 Å². The van der Waals surface area contributed by atoms with E-state index < -0.39 is 0 Å². The lowest BCUT2D eigenvalue weighted by Crippen LogP contribution is -2.39. The van der Waals surface area contributed by atoms with Crippen molar-refractivity contribution in [3.8, 4) is 11.5 Å². The second-order valence-corrected chi connectivity index (χ2v) is 7.12. The number of guanidine groups is 1. The van der Waals surface area contributed by atoms with E-state index >= 15 is 0 Å². The Morgan fingerprint density at radius 3 is 2.89 bits per heavy atom. The van der Waals surface area contributed by atoms with Crippen LogP contribution in [-0.4, -0.2) is 82.0 Å². The molecule has 2 aliphatic rings. The minimum Gasteiger partial charge on any atom is -0.454 e. The first-order valence-corrected chi connectivity index (χ1v) is 10.1. The number of aliphatic imine (C=N–C) groups is 1. The minimum atomic E-state index is 0.321. The molecule has 1 fully saturated rings. The van der Waals surface area contributed by atoms with Crippen LogP contribution in [0.2, 0.25) is 0 Å². The maximum absolute atomic E-state index is 5.44. The van der Waals surface area contributed by atoms with E-state index in [4.69, 9.17) is 14.5 Å². The molecule has 1 aromatic rings. The SMILES string of the molecule is CCNC(=NCCN1CCCN(C)CC1)NCCc1ccc2c(c1)OCO2. The number of hydrogen-bond donors (Lipinski definition) is 2. The van der Waals surface area contributed by atoms with Crippen molar-refractivity contribution in [3.05, 3.63) is 23.8 Å². The van der Waals surface area contributed by atoms with Gasteiger partial charge in [-0.05, 0) is 57.6 Å². The van der Waals surface area contributed by atoms with Gasteiger partial charge in [0, 0.05) is 32.7 Å². The first kappa shape index (κ1) is 19.8. The standard InChI is InChI=1S/C20H33N5O2/c1-3-21-20(23-9-12-25-11-4-10-24(2)13-14-25)22-8-7-17-5-6-18-19(15-17)27-16-26-18/h5-6,15H,3-4,7-14,16H2,1-2H3,(H2,21,22,23). The van der Waals surface area contributed by atoms with Gasteiger partial charge in [0.25, 0.3) is 0 Å². The highest BCUT2D eigenvalue weighted by Crippen LogP contribution is 2.32. The molecule has 0 atom stereocenters. The van der Waals surface area contributed by atoms with Crippen molar-refractivity contribution in [3.63, 3.8) is 0 Å². The largest absolute Gasteiger partial charge is 0.454 e. The van der Waals surface area contributed by atoms with Gasteiger partial charge in [-0.15, -0.1) is 0 Å². The average molecular weight is 376 g/mol. The lowest BCUT2D eigenvalue weighted by molar-refractivity contribution is 0.174. The van der Waals surface area contributed by atoms with Crippen LogP contribution in [0.5, 0.6) is 11.5 Å². The number of nitrogens with one attached hydrogen (secondary N) is 2. The van der Waals surface area contributed by atoms with Crippen LogP contribution in [0.25, 0.3) is 0 Å². The second kappa shape index (κ2) is 10.4. The first-order valence-electron chi connectivity index (χ1n) is 10.1. The third kappa shape index (κ3) is 6.29. The molecule has 27 heavy (non-hydrogen) atoms. The number of nitrogens with zero attached hydrogens (tertiary/aromatic N) is 3. The highest BCUT2D eigenvalue weighted by molar-refractivity contribution is 5.79. The van der Waals surface area contributed by atoms with Crippen LogP contribution >= 0.6 is 0 Å². The van der Waals surface area contributed by atoms with Crippen molar-refractivity contribution in [1.82, 2.24) is 20.4 Å². The quantitative estimate of drug-likeness (QED) is 0.551. The summed E-state index contributed by atoms with van der Waals surface area (Å²) in [4.78, 5) is 9.67. The van der Waals surface area contributed by atoms with Crippen molar-refractivity contribution in [1.29, 1.82) is 0 Å². The second-order valence-electron chi connectivity index (χ2n) is 7.12. The van der Waals surface area contributed by atoms with Crippen LogP contribution < -0.4 is 20.1 Å². The van der Waals surface area contributed by atoms with Gasteiger partial charge in [-0.25, -0.2) is 0 Å². The van der Waals surface area contributed by atoms with Gasteiger partial charge >= 0.3 is 0 Å². The van der Waals surface area contributed by atoms with Crippen LogP contribution in [0.4, 0.5) is 0 Å². The van der Waals surface area contributed by atoms with Gasteiger partial charge in [0.05, 0.1) is 6.54 Å². The Morgan fingerprint density at radius 2 is 2.00 bits per heavy atom. The van der Waals surface area contributed by atoms with E-state index in [0.717, 1.165) is 63.1 Å². The monoisotopic (exact) mass is 375 g/mol. The van der Waals surface area contributed by atoms with Gasteiger partial charge in [0.2, 0.25) is 6.79 Å². The third-order valence-electron chi connectivity index (χ3n) is 4.99. The zero-order chi connectivity index (χ0) is 18.9. The summed E-state index contributed by atoms with van der Waals surface area (Å²) in [5, 5.41) is 6.77. The lowest BCUT2D eigenvalue weighted by atomic mass is 10.1. The Bertz CT molecular complexity index is 622. The average Bonchev–Trinajstić information content (AvgIpc) is 3.03. The molecule has 0 radical (unpaired) electrons. The zero-order valence-corrected chi connectivity index (χ0v) is 16.7. The van der Waals surface area contributed by atoms with E-state index in [0.29, 0.717) is 6.79 Å². The van der Waals surface area contributed by atoms with E-state index in [9.17, 15) is 0 Å². The van der Waals surface area contributed by atoms with E-state index in [-0.39, 0.29) is 0 Å². The summed E-state index contributed by atoms with van der Waals surface area (Å²) in [6.45, 7) is 10.6. The topological polar surface area (TPSA) is 61.4 Å². The van der Waals surface area contributed by atoms with Crippen molar-refractivity contribution >= 4 is 5.96 Å². The smallest absolute Gasteiger partial charge is 0.231 e. The molecule has 0 saturated carbocycles. The van der Waals surface area contributed by atoms with Gasteiger partial charge < -0.3 is 29.9 Å². The maximum atomic E-state index is 5.44. The first-order chi connectivity index (χ1) is 13.2. The zero-order valence-electron chi connectivity index (χ0n) is 16.7. The molecule has 2 aliphatic heterocycles. The maximum Gasteiger partial charge on any atom is 0.231 e. The van der Waals surface area contributed by atoms with Crippen LogP contribution in [0.3, 0.4) is 0 Å². The molecule has 0 bridgehead atoms. The van der Waals surface area contributed by atoms with E-state index in [2.05, 4.69) is 46.5 Å². The molecule has 0 aromatic heterocycles. The fourth-order valence-corrected chi connectivity index (χ4v) is 3.39. The predicted molar refractivity (Wildman–Crippen MR) is 109 cm³/mol. The van der Waals surface area contributed by atoms with Crippen LogP contribution in [0.1, 0.15) is 18.9 Å². The van der Waals surface area contributed by atoms with Gasteiger partial charge in [-0.1, -0.05) is 6.07 Å². The molecular formula is C20H33N5O2. The number of likely N-dealkylation sites (N-methyl/N-ethyl adjacent to an activating group) is 1. The fourth-order valence-electron chi connectivity index (χ4n) is 3.39. The molecule has 2 heterocycles. The van der Waals surface area contributed by atoms with Crippen molar-refractivity contribution < 1.29 is 9.47 Å². The Labute approximate surface area is 162 Å². The molecule has 3 rings (SSSR count). The molecule has 1 saturated heterocycles. The molecular weight excluding hydrogens is 342 g/mol. The van der Waals surface area contributed by atoms with Crippen molar-refractivity contribution in [2.24, 2.45) is 4.99 Å². The highest BCUT2D eigenvalue weighted by Gasteiger charge is 2.13. The van der Waals surface area contributed by atoms with E-state index in [1.807, 2.05) is 6.07 Å². The summed E-state index contributed by atoms with van der Waals surface area (Å²) in [7, 11) is 2.20. The summed E-state index contributed by atoms with van der Waals surface area (Å²) < 4.78 is 10.8. The summed E-state index contributed by atoms with van der Waals surface area (Å²) in [6, 6.07) is 6.13. The van der Waals surface area contributed by atoms with Gasteiger partial charge in [-0.3, -0.25) is 4.99 Å². The summed E-state index contributed by atoms with van der Waals surface area (Å²) in [6.07, 6.45) is 2.16. The number of hydrogen-bond acceptors (Lipinski definition) is 5. The normalized spacial score (nSPS) is 18.4. The molecule has 1 aromatic carbocycles. The van der Waals surface area contributed by atoms with E-state index in [1.54, 1.807) is 0 Å². The molecule has 0 amide bonds. The molecule has 0 spiro atoms. The Kier molecular flexibility index (Phi) is 7.59. The Balaban J connectivity index is 1.42. The molecule has 2 N–H and O–H groups in total. The third-order valence-corrected chi connectivity index (χ3v) is 4.99. The van der Waals surface area contributed by atoms with Crippen LogP contribution in [0, 0.1) is 0 Å². The van der Waals surface area contributed by atoms with Crippen molar-refractivity contribution in [2.75, 3.05) is 66.2 Å². The fraction of sp³-hybridized carbons (Fsp3) is 0.650. The lowest BCUT2D eigenvalue weighted by Gasteiger charge is -2.19. The Morgan fingerprint density at radius 1 is 1.11 bits per heavy atom.